The lowest BCUT2D eigenvalue weighted by Gasteiger charge is -2.46. The second-order valence-corrected chi connectivity index (χ2v) is 9.98. The minimum Gasteiger partial charge on any atom is -0.487 e. The average molecular weight is 482 g/mol. The van der Waals surface area contributed by atoms with Crippen molar-refractivity contribution in [1.82, 2.24) is 25.0 Å². The number of fused-ring (bicyclic) bond motifs is 2. The van der Waals surface area contributed by atoms with Gasteiger partial charge in [-0.2, -0.15) is 5.10 Å². The van der Waals surface area contributed by atoms with Gasteiger partial charge in [0.1, 0.15) is 11.4 Å². The molecule has 2 aliphatic heterocycles. The van der Waals surface area contributed by atoms with E-state index < -0.39 is 0 Å². The van der Waals surface area contributed by atoms with Crippen LogP contribution in [0.15, 0.2) is 66.9 Å². The van der Waals surface area contributed by atoms with Crippen molar-refractivity contribution in [2.45, 2.75) is 44.4 Å². The van der Waals surface area contributed by atoms with E-state index >= 15 is 0 Å². The number of carbonyl (C=O) groups is 1. The van der Waals surface area contributed by atoms with Crippen LogP contribution in [0.5, 0.6) is 5.75 Å². The monoisotopic (exact) mass is 481 g/mol. The van der Waals surface area contributed by atoms with Crippen LogP contribution in [-0.2, 0) is 6.54 Å². The molecule has 0 saturated carbocycles. The molecule has 7 nitrogen and oxygen atoms in total. The molecule has 1 atom stereocenters. The van der Waals surface area contributed by atoms with Crippen LogP contribution >= 0.6 is 0 Å². The molecule has 0 aliphatic carbocycles. The van der Waals surface area contributed by atoms with Crippen LogP contribution in [0, 0.1) is 0 Å². The van der Waals surface area contributed by atoms with E-state index in [2.05, 4.69) is 28.4 Å². The number of para-hydroxylation sites is 1. The number of hydrogen-bond donors (Lipinski definition) is 1. The lowest BCUT2D eigenvalue weighted by Crippen LogP contribution is -2.51. The Morgan fingerprint density at radius 3 is 2.64 bits per heavy atom. The smallest absolute Gasteiger partial charge is 0.252 e. The van der Waals surface area contributed by atoms with Crippen LogP contribution in [0.25, 0.3) is 22.3 Å². The number of likely N-dealkylation sites (tertiary alicyclic amines) is 1. The van der Waals surface area contributed by atoms with E-state index in [9.17, 15) is 4.79 Å². The van der Waals surface area contributed by atoms with Gasteiger partial charge in [-0.3, -0.25) is 4.79 Å². The minimum absolute atomic E-state index is 0.111. The molecule has 2 aliphatic rings. The third-order valence-corrected chi connectivity index (χ3v) is 7.62. The number of pyridine rings is 1. The van der Waals surface area contributed by atoms with Crippen molar-refractivity contribution in [3.05, 3.63) is 78.0 Å². The number of nitrogens with zero attached hydrogens (tertiary/aromatic N) is 4. The number of ether oxygens (including phenoxy) is 1. The number of benzene rings is 2. The third kappa shape index (κ3) is 4.03. The molecule has 2 aromatic heterocycles. The summed E-state index contributed by atoms with van der Waals surface area (Å²) in [7, 11) is 2.15. The molecular weight excluding hydrogens is 450 g/mol. The highest BCUT2D eigenvalue weighted by atomic mass is 16.5. The Morgan fingerprint density at radius 1 is 1.11 bits per heavy atom. The SMILES string of the molecule is CCn1ncc2c(C(=O)NC3CC4(CCN(C)CC4)Oc4ccccc43)cc(-c3ccccc3)nc21. The van der Waals surface area contributed by atoms with E-state index in [0.717, 1.165) is 66.0 Å². The minimum atomic E-state index is -0.255. The summed E-state index contributed by atoms with van der Waals surface area (Å²) in [5.74, 6) is 0.766. The first-order chi connectivity index (χ1) is 17.5. The van der Waals surface area contributed by atoms with Gasteiger partial charge in [-0.1, -0.05) is 48.5 Å². The van der Waals surface area contributed by atoms with Gasteiger partial charge in [-0.05, 0) is 38.9 Å². The van der Waals surface area contributed by atoms with Crippen molar-refractivity contribution < 1.29 is 9.53 Å². The fourth-order valence-corrected chi connectivity index (χ4v) is 5.54. The van der Waals surface area contributed by atoms with Crippen molar-refractivity contribution in [1.29, 1.82) is 0 Å². The largest absolute Gasteiger partial charge is 0.487 e. The highest BCUT2D eigenvalue weighted by Gasteiger charge is 2.43. The van der Waals surface area contributed by atoms with Crippen LogP contribution in [-0.4, -0.2) is 51.3 Å². The molecule has 0 radical (unpaired) electrons. The molecule has 2 aromatic carbocycles. The van der Waals surface area contributed by atoms with E-state index in [4.69, 9.17) is 9.72 Å². The Bertz CT molecular complexity index is 1410. The van der Waals surface area contributed by atoms with Crippen LogP contribution in [0.2, 0.25) is 0 Å². The normalized spacial score (nSPS) is 19.1. The first kappa shape index (κ1) is 22.7. The predicted octanol–water partition coefficient (Wildman–Crippen LogP) is 4.84. The highest BCUT2D eigenvalue weighted by molar-refractivity contribution is 6.06. The van der Waals surface area contributed by atoms with E-state index in [1.165, 1.54) is 0 Å². The van der Waals surface area contributed by atoms with Gasteiger partial charge in [0.25, 0.3) is 5.91 Å². The maximum Gasteiger partial charge on any atom is 0.252 e. The summed E-state index contributed by atoms with van der Waals surface area (Å²) in [5.41, 5.74) is 3.84. The number of amides is 1. The predicted molar refractivity (Wildman–Crippen MR) is 140 cm³/mol. The summed E-state index contributed by atoms with van der Waals surface area (Å²) in [6.45, 7) is 4.69. The average Bonchev–Trinajstić information content (AvgIpc) is 3.33. The van der Waals surface area contributed by atoms with Gasteiger partial charge in [0, 0.05) is 37.2 Å². The van der Waals surface area contributed by atoms with Gasteiger partial charge >= 0.3 is 0 Å². The van der Waals surface area contributed by atoms with Gasteiger partial charge in [-0.25, -0.2) is 9.67 Å². The summed E-state index contributed by atoms with van der Waals surface area (Å²) in [4.78, 5) is 21.1. The molecule has 4 aromatic rings. The molecule has 1 spiro atoms. The van der Waals surface area contributed by atoms with Crippen molar-refractivity contribution in [3.8, 4) is 17.0 Å². The fourth-order valence-electron chi connectivity index (χ4n) is 5.54. The molecule has 36 heavy (non-hydrogen) atoms. The summed E-state index contributed by atoms with van der Waals surface area (Å²) >= 11 is 0. The Balaban J connectivity index is 1.38. The van der Waals surface area contributed by atoms with Gasteiger partial charge < -0.3 is 15.0 Å². The molecule has 4 heterocycles. The molecule has 1 amide bonds. The number of carbonyl (C=O) groups excluding carboxylic acids is 1. The Kier molecular flexibility index (Phi) is 5.72. The fraction of sp³-hybridized carbons (Fsp3) is 0.345. The van der Waals surface area contributed by atoms with Crippen LogP contribution in [0.3, 0.4) is 0 Å². The summed E-state index contributed by atoms with van der Waals surface area (Å²) < 4.78 is 8.43. The maximum atomic E-state index is 13.9. The van der Waals surface area contributed by atoms with E-state index in [1.807, 2.05) is 66.2 Å². The second kappa shape index (κ2) is 9.06. The second-order valence-electron chi connectivity index (χ2n) is 9.98. The molecule has 1 N–H and O–H groups in total. The molecule has 1 unspecified atom stereocenters. The summed E-state index contributed by atoms with van der Waals surface area (Å²) in [6, 6.07) is 19.8. The molecule has 1 saturated heterocycles. The topological polar surface area (TPSA) is 72.3 Å². The zero-order valence-electron chi connectivity index (χ0n) is 20.8. The van der Waals surface area contributed by atoms with Gasteiger partial charge in [0.2, 0.25) is 0 Å². The molecular formula is C29H31N5O2. The first-order valence-corrected chi connectivity index (χ1v) is 12.7. The zero-order chi connectivity index (χ0) is 24.7. The summed E-state index contributed by atoms with van der Waals surface area (Å²) in [5, 5.41) is 8.64. The van der Waals surface area contributed by atoms with Gasteiger partial charge in [0.15, 0.2) is 5.65 Å². The maximum absolute atomic E-state index is 13.9. The number of hydrogen-bond acceptors (Lipinski definition) is 5. The third-order valence-electron chi connectivity index (χ3n) is 7.62. The molecule has 1 fully saturated rings. The van der Waals surface area contributed by atoms with E-state index in [0.29, 0.717) is 12.1 Å². The van der Waals surface area contributed by atoms with Crippen LogP contribution in [0.1, 0.15) is 48.1 Å². The van der Waals surface area contributed by atoms with Crippen molar-refractivity contribution in [2.24, 2.45) is 0 Å². The molecule has 184 valence electrons. The molecule has 7 heteroatoms. The van der Waals surface area contributed by atoms with Crippen molar-refractivity contribution in [3.63, 3.8) is 0 Å². The van der Waals surface area contributed by atoms with Crippen LogP contribution in [0.4, 0.5) is 0 Å². The van der Waals surface area contributed by atoms with E-state index in [1.54, 1.807) is 6.20 Å². The number of piperidine rings is 1. The lowest BCUT2D eigenvalue weighted by atomic mass is 9.80. The number of nitrogens with one attached hydrogen (secondary N) is 1. The first-order valence-electron chi connectivity index (χ1n) is 12.7. The lowest BCUT2D eigenvalue weighted by molar-refractivity contribution is -0.0195. The molecule has 6 rings (SSSR count). The van der Waals surface area contributed by atoms with Crippen molar-refractivity contribution >= 4 is 16.9 Å². The standard InChI is InChI=1S/C29H31N5O2/c1-3-34-27-23(19-30-34)22(17-24(31-27)20-9-5-4-6-10-20)28(35)32-25-18-29(13-15-33(2)16-14-29)36-26-12-8-7-11-21(25)26/h4-12,17,19,25H,3,13-16,18H2,1-2H3,(H,32,35). The Morgan fingerprint density at radius 2 is 1.86 bits per heavy atom. The molecule has 0 bridgehead atoms. The summed E-state index contributed by atoms with van der Waals surface area (Å²) in [6.07, 6.45) is 4.42. The van der Waals surface area contributed by atoms with Crippen molar-refractivity contribution in [2.75, 3.05) is 20.1 Å². The van der Waals surface area contributed by atoms with Gasteiger partial charge in [0.05, 0.1) is 28.9 Å². The quantitative estimate of drug-likeness (QED) is 0.452. The zero-order valence-corrected chi connectivity index (χ0v) is 20.8. The highest BCUT2D eigenvalue weighted by Crippen LogP contribution is 2.44. The Hall–Kier alpha value is -3.71. The number of rotatable bonds is 4. The Labute approximate surface area is 211 Å². The van der Waals surface area contributed by atoms with Gasteiger partial charge in [-0.15, -0.1) is 0 Å². The number of aromatic nitrogens is 3. The van der Waals surface area contributed by atoms with Crippen LogP contribution < -0.4 is 10.1 Å². The van der Waals surface area contributed by atoms with E-state index in [-0.39, 0.29) is 17.6 Å². The number of aryl methyl sites for hydroxylation is 1.